The molecule has 4 nitrogen and oxygen atoms in total. The molecular formula is C14H22N2O2S. The van der Waals surface area contributed by atoms with Crippen molar-refractivity contribution in [3.63, 3.8) is 0 Å². The molecule has 0 amide bonds. The van der Waals surface area contributed by atoms with Gasteiger partial charge in [0.05, 0.1) is 4.90 Å². The first-order valence-corrected chi connectivity index (χ1v) is 8.30. The van der Waals surface area contributed by atoms with E-state index in [2.05, 4.69) is 4.72 Å². The third-order valence-corrected chi connectivity index (χ3v) is 5.38. The predicted molar refractivity (Wildman–Crippen MR) is 76.2 cm³/mol. The van der Waals surface area contributed by atoms with Crippen molar-refractivity contribution in [2.45, 2.75) is 44.0 Å². The maximum absolute atomic E-state index is 12.1. The van der Waals surface area contributed by atoms with Crippen LogP contribution in [0, 0.1) is 12.8 Å². The molecule has 0 spiro atoms. The van der Waals surface area contributed by atoms with Crippen LogP contribution in [-0.2, 0) is 16.6 Å². The lowest BCUT2D eigenvalue weighted by Gasteiger charge is -2.25. The van der Waals surface area contributed by atoms with E-state index in [9.17, 15) is 8.42 Å². The van der Waals surface area contributed by atoms with Crippen LogP contribution < -0.4 is 10.5 Å². The van der Waals surface area contributed by atoms with Gasteiger partial charge in [-0.3, -0.25) is 0 Å². The standard InChI is InChI=1S/C14H22N2O2S/c1-11-5-6-14(9-13(11)10-15)19(17,18)16-8-7-12-3-2-4-12/h5-6,9,12,16H,2-4,7-8,10,15H2,1H3. The molecule has 0 unspecified atom stereocenters. The number of benzene rings is 1. The molecule has 1 aliphatic rings. The van der Waals surface area contributed by atoms with Crippen LogP contribution in [0.15, 0.2) is 23.1 Å². The minimum absolute atomic E-state index is 0.312. The van der Waals surface area contributed by atoms with Crippen LogP contribution in [0.25, 0.3) is 0 Å². The minimum Gasteiger partial charge on any atom is -0.326 e. The number of hydrogen-bond donors (Lipinski definition) is 2. The van der Waals surface area contributed by atoms with Crippen LogP contribution in [0.1, 0.15) is 36.8 Å². The molecular weight excluding hydrogens is 260 g/mol. The summed E-state index contributed by atoms with van der Waals surface area (Å²) in [5, 5.41) is 0. The summed E-state index contributed by atoms with van der Waals surface area (Å²) in [6.45, 7) is 2.82. The molecule has 0 heterocycles. The summed E-state index contributed by atoms with van der Waals surface area (Å²) in [7, 11) is -3.39. The number of nitrogens with one attached hydrogen (secondary N) is 1. The highest BCUT2D eigenvalue weighted by molar-refractivity contribution is 7.89. The minimum atomic E-state index is -3.39. The van der Waals surface area contributed by atoms with Gasteiger partial charge in [-0.05, 0) is 42.5 Å². The number of nitrogens with two attached hydrogens (primary N) is 1. The Kier molecular flexibility index (Phi) is 4.60. The molecule has 1 aromatic carbocycles. The van der Waals surface area contributed by atoms with Crippen LogP contribution in [0.4, 0.5) is 0 Å². The Hall–Kier alpha value is -0.910. The van der Waals surface area contributed by atoms with E-state index in [0.717, 1.165) is 17.5 Å². The van der Waals surface area contributed by atoms with Crippen molar-refractivity contribution < 1.29 is 8.42 Å². The fraction of sp³-hybridized carbons (Fsp3) is 0.571. The average Bonchev–Trinajstić information content (AvgIpc) is 2.32. The molecule has 106 valence electrons. The first-order valence-electron chi connectivity index (χ1n) is 6.82. The first-order chi connectivity index (χ1) is 9.03. The zero-order valence-corrected chi connectivity index (χ0v) is 12.2. The Bertz CT molecular complexity index is 536. The molecule has 0 radical (unpaired) electrons. The van der Waals surface area contributed by atoms with Crippen LogP contribution >= 0.6 is 0 Å². The van der Waals surface area contributed by atoms with Crippen molar-refractivity contribution in [3.05, 3.63) is 29.3 Å². The van der Waals surface area contributed by atoms with Crippen LogP contribution in [0.5, 0.6) is 0 Å². The maximum atomic E-state index is 12.1. The van der Waals surface area contributed by atoms with Gasteiger partial charge in [0.1, 0.15) is 0 Å². The van der Waals surface area contributed by atoms with Gasteiger partial charge < -0.3 is 5.73 Å². The lowest BCUT2D eigenvalue weighted by molar-refractivity contribution is 0.297. The molecule has 1 aliphatic carbocycles. The molecule has 1 fully saturated rings. The molecule has 0 aliphatic heterocycles. The van der Waals surface area contributed by atoms with Gasteiger partial charge in [-0.1, -0.05) is 25.3 Å². The highest BCUT2D eigenvalue weighted by Crippen LogP contribution is 2.28. The van der Waals surface area contributed by atoms with E-state index in [4.69, 9.17) is 5.73 Å². The third-order valence-electron chi connectivity index (χ3n) is 3.92. The van der Waals surface area contributed by atoms with E-state index in [-0.39, 0.29) is 0 Å². The van der Waals surface area contributed by atoms with Gasteiger partial charge in [-0.15, -0.1) is 0 Å². The number of rotatable bonds is 6. The van der Waals surface area contributed by atoms with Crippen molar-refractivity contribution in [3.8, 4) is 0 Å². The quantitative estimate of drug-likeness (QED) is 0.837. The summed E-state index contributed by atoms with van der Waals surface area (Å²) < 4.78 is 27.0. The van der Waals surface area contributed by atoms with Crippen molar-refractivity contribution in [1.29, 1.82) is 0 Å². The van der Waals surface area contributed by atoms with Gasteiger partial charge in [-0.2, -0.15) is 0 Å². The average molecular weight is 282 g/mol. The lowest BCUT2D eigenvalue weighted by atomic mass is 9.83. The van der Waals surface area contributed by atoms with Gasteiger partial charge in [0.25, 0.3) is 0 Å². The predicted octanol–water partition coefficient (Wildman–Crippen LogP) is 1.92. The van der Waals surface area contributed by atoms with E-state index in [1.54, 1.807) is 12.1 Å². The first kappa shape index (κ1) is 14.5. The summed E-state index contributed by atoms with van der Waals surface area (Å²) in [4.78, 5) is 0.312. The van der Waals surface area contributed by atoms with Gasteiger partial charge in [0.2, 0.25) is 10.0 Å². The van der Waals surface area contributed by atoms with Crippen LogP contribution in [-0.4, -0.2) is 15.0 Å². The third kappa shape index (κ3) is 3.55. The maximum Gasteiger partial charge on any atom is 0.240 e. The highest BCUT2D eigenvalue weighted by atomic mass is 32.2. The Morgan fingerprint density at radius 3 is 2.68 bits per heavy atom. The van der Waals surface area contributed by atoms with E-state index < -0.39 is 10.0 Å². The molecule has 1 aromatic rings. The molecule has 5 heteroatoms. The smallest absolute Gasteiger partial charge is 0.240 e. The van der Waals surface area contributed by atoms with E-state index >= 15 is 0 Å². The van der Waals surface area contributed by atoms with Gasteiger partial charge in [0.15, 0.2) is 0 Å². The Labute approximate surface area is 115 Å². The van der Waals surface area contributed by atoms with Crippen molar-refractivity contribution in [1.82, 2.24) is 4.72 Å². The van der Waals surface area contributed by atoms with Crippen LogP contribution in [0.2, 0.25) is 0 Å². The number of aryl methyl sites for hydroxylation is 1. The fourth-order valence-corrected chi connectivity index (χ4v) is 3.39. The second-order valence-electron chi connectivity index (χ2n) is 5.28. The molecule has 1 saturated carbocycles. The fourth-order valence-electron chi connectivity index (χ4n) is 2.30. The summed E-state index contributed by atoms with van der Waals surface area (Å²) >= 11 is 0. The summed E-state index contributed by atoms with van der Waals surface area (Å²) in [6.07, 6.45) is 4.71. The van der Waals surface area contributed by atoms with E-state index in [1.807, 2.05) is 13.0 Å². The van der Waals surface area contributed by atoms with Gasteiger partial charge in [0, 0.05) is 13.1 Å². The molecule has 19 heavy (non-hydrogen) atoms. The topological polar surface area (TPSA) is 72.2 Å². The van der Waals surface area contributed by atoms with Gasteiger partial charge in [-0.25, -0.2) is 13.1 Å². The largest absolute Gasteiger partial charge is 0.326 e. The highest BCUT2D eigenvalue weighted by Gasteiger charge is 2.19. The van der Waals surface area contributed by atoms with Crippen molar-refractivity contribution >= 4 is 10.0 Å². The summed E-state index contributed by atoms with van der Waals surface area (Å²) in [5.74, 6) is 0.709. The molecule has 3 N–H and O–H groups in total. The van der Waals surface area contributed by atoms with Crippen LogP contribution in [0.3, 0.4) is 0 Å². The normalized spacial score (nSPS) is 16.3. The molecule has 2 rings (SSSR count). The second-order valence-corrected chi connectivity index (χ2v) is 7.04. The Morgan fingerprint density at radius 1 is 1.37 bits per heavy atom. The monoisotopic (exact) mass is 282 g/mol. The number of hydrogen-bond acceptors (Lipinski definition) is 3. The Balaban J connectivity index is 2.01. The summed E-state index contributed by atoms with van der Waals surface area (Å²) in [5.41, 5.74) is 7.51. The molecule has 0 atom stereocenters. The van der Waals surface area contributed by atoms with Crippen molar-refractivity contribution in [2.24, 2.45) is 11.7 Å². The van der Waals surface area contributed by atoms with Gasteiger partial charge >= 0.3 is 0 Å². The zero-order valence-electron chi connectivity index (χ0n) is 11.4. The second kappa shape index (κ2) is 6.03. The molecule has 0 bridgehead atoms. The molecule has 0 aromatic heterocycles. The zero-order chi connectivity index (χ0) is 13.9. The molecule has 0 saturated heterocycles. The van der Waals surface area contributed by atoms with Crippen molar-refractivity contribution in [2.75, 3.05) is 6.54 Å². The Morgan fingerprint density at radius 2 is 2.11 bits per heavy atom. The van der Waals surface area contributed by atoms with E-state index in [0.29, 0.717) is 23.9 Å². The number of sulfonamides is 1. The van der Waals surface area contributed by atoms with E-state index in [1.165, 1.54) is 19.3 Å². The SMILES string of the molecule is Cc1ccc(S(=O)(=O)NCCC2CCC2)cc1CN. The lowest BCUT2D eigenvalue weighted by Crippen LogP contribution is -2.27. The summed E-state index contributed by atoms with van der Waals surface area (Å²) in [6, 6.07) is 5.11.